The van der Waals surface area contributed by atoms with Crippen LogP contribution in [0.25, 0.3) is 0 Å². The monoisotopic (exact) mass is 443 g/mol. The van der Waals surface area contributed by atoms with Gasteiger partial charge in [0.2, 0.25) is 11.9 Å². The molecule has 0 spiro atoms. The highest BCUT2D eigenvalue weighted by Gasteiger charge is 2.06. The molecule has 2 heterocycles. The number of aromatic nitrogens is 5. The van der Waals surface area contributed by atoms with Gasteiger partial charge in [0.05, 0.1) is 0 Å². The molecule has 0 atom stereocenters. The Hall–Kier alpha value is -2.18. The maximum Gasteiger partial charge on any atom is 0.225 e. The highest BCUT2D eigenvalue weighted by molar-refractivity contribution is 5.25. The largest absolute Gasteiger partial charge is 0.368 e. The van der Waals surface area contributed by atoms with Gasteiger partial charge < -0.3 is 16.0 Å². The number of unbranched alkanes of at least 4 members (excludes halogenated alkanes) is 14. The summed E-state index contributed by atoms with van der Waals surface area (Å²) in [5.41, 5.74) is 11.3. The third-order valence-corrected chi connectivity index (χ3v) is 6.10. The van der Waals surface area contributed by atoms with Gasteiger partial charge in [-0.15, -0.1) is 0 Å². The first kappa shape index (κ1) is 26.1. The second-order valence-corrected chi connectivity index (χ2v) is 8.95. The van der Waals surface area contributed by atoms with Crippen LogP contribution < -0.4 is 11.5 Å². The molecule has 180 valence electrons. The van der Waals surface area contributed by atoms with E-state index in [0.717, 1.165) is 18.8 Å². The first-order chi connectivity index (χ1) is 15.7. The lowest BCUT2D eigenvalue weighted by Gasteiger charge is -2.08. The van der Waals surface area contributed by atoms with E-state index in [-0.39, 0.29) is 11.9 Å². The number of imidazole rings is 1. The van der Waals surface area contributed by atoms with Gasteiger partial charge in [0, 0.05) is 31.8 Å². The van der Waals surface area contributed by atoms with Gasteiger partial charge in [-0.25, -0.2) is 4.98 Å². The molecule has 2 aromatic rings. The Morgan fingerprint density at radius 3 is 1.69 bits per heavy atom. The Labute approximate surface area is 194 Å². The standard InChI is InChI=1S/C25H45N7/c1-2-3-4-5-6-7-8-9-10-11-12-13-14-15-16-17-23-28-19-21-32(23)20-18-22-29-24(26)31-25(27)30-22/h19,21H,2-18,20H2,1H3,(H4,26,27,29,30,31). The Morgan fingerprint density at radius 1 is 0.656 bits per heavy atom. The molecule has 32 heavy (non-hydrogen) atoms. The van der Waals surface area contributed by atoms with Crippen molar-refractivity contribution in [3.8, 4) is 0 Å². The highest BCUT2D eigenvalue weighted by Crippen LogP contribution is 2.14. The third kappa shape index (κ3) is 11.4. The number of aryl methyl sites for hydroxylation is 3. The summed E-state index contributed by atoms with van der Waals surface area (Å²) in [5.74, 6) is 2.11. The SMILES string of the molecule is CCCCCCCCCCCCCCCCCc1nccn1CCc1nc(N)nc(N)n1. The van der Waals surface area contributed by atoms with Gasteiger partial charge >= 0.3 is 0 Å². The van der Waals surface area contributed by atoms with Crippen molar-refractivity contribution < 1.29 is 0 Å². The smallest absolute Gasteiger partial charge is 0.225 e. The molecule has 0 radical (unpaired) electrons. The van der Waals surface area contributed by atoms with Crippen LogP contribution in [0.3, 0.4) is 0 Å². The van der Waals surface area contributed by atoms with Gasteiger partial charge in [-0.2, -0.15) is 15.0 Å². The Bertz CT molecular complexity index is 709. The average molecular weight is 444 g/mol. The highest BCUT2D eigenvalue weighted by atomic mass is 15.1. The fourth-order valence-corrected chi connectivity index (χ4v) is 4.22. The van der Waals surface area contributed by atoms with Crippen LogP contribution in [-0.4, -0.2) is 24.5 Å². The fraction of sp³-hybridized carbons (Fsp3) is 0.760. The van der Waals surface area contributed by atoms with E-state index in [0.29, 0.717) is 12.2 Å². The van der Waals surface area contributed by atoms with Crippen LogP contribution in [0.2, 0.25) is 0 Å². The van der Waals surface area contributed by atoms with E-state index in [9.17, 15) is 0 Å². The summed E-state index contributed by atoms with van der Waals surface area (Å²) < 4.78 is 2.18. The van der Waals surface area contributed by atoms with Gasteiger partial charge in [-0.3, -0.25) is 0 Å². The lowest BCUT2D eigenvalue weighted by atomic mass is 10.0. The van der Waals surface area contributed by atoms with Crippen molar-refractivity contribution in [3.05, 3.63) is 24.0 Å². The van der Waals surface area contributed by atoms with E-state index in [2.05, 4.69) is 31.4 Å². The van der Waals surface area contributed by atoms with Crippen LogP contribution in [0.15, 0.2) is 12.4 Å². The van der Waals surface area contributed by atoms with Crippen molar-refractivity contribution in [1.29, 1.82) is 0 Å². The van der Waals surface area contributed by atoms with Crippen LogP contribution in [0.5, 0.6) is 0 Å². The summed E-state index contributed by atoms with van der Waals surface area (Å²) in [6.07, 6.45) is 26.4. The summed E-state index contributed by atoms with van der Waals surface area (Å²) in [4.78, 5) is 16.6. The van der Waals surface area contributed by atoms with Crippen molar-refractivity contribution in [2.75, 3.05) is 11.5 Å². The fourth-order valence-electron chi connectivity index (χ4n) is 4.22. The van der Waals surface area contributed by atoms with Gasteiger partial charge in [0.15, 0.2) is 0 Å². The lowest BCUT2D eigenvalue weighted by molar-refractivity contribution is 0.529. The number of anilines is 2. The van der Waals surface area contributed by atoms with E-state index in [1.165, 1.54) is 96.3 Å². The van der Waals surface area contributed by atoms with Gasteiger partial charge in [0.25, 0.3) is 0 Å². The molecule has 2 rings (SSSR count). The van der Waals surface area contributed by atoms with Crippen LogP contribution in [0.4, 0.5) is 11.9 Å². The van der Waals surface area contributed by atoms with Crippen LogP contribution >= 0.6 is 0 Å². The van der Waals surface area contributed by atoms with Crippen LogP contribution in [0.1, 0.15) is 115 Å². The van der Waals surface area contributed by atoms with Crippen molar-refractivity contribution >= 4 is 11.9 Å². The number of nitrogen functional groups attached to an aromatic ring is 2. The van der Waals surface area contributed by atoms with Gasteiger partial charge in [-0.05, 0) is 6.42 Å². The molecule has 0 bridgehead atoms. The lowest BCUT2D eigenvalue weighted by Crippen LogP contribution is -2.11. The minimum absolute atomic E-state index is 0.177. The number of rotatable bonds is 19. The molecule has 0 amide bonds. The average Bonchev–Trinajstić information content (AvgIpc) is 3.21. The number of hydrogen-bond donors (Lipinski definition) is 2. The molecule has 7 nitrogen and oxygen atoms in total. The molecular formula is C25H45N7. The molecular weight excluding hydrogens is 398 g/mol. The zero-order valence-corrected chi connectivity index (χ0v) is 20.3. The normalized spacial score (nSPS) is 11.3. The Morgan fingerprint density at radius 2 is 1.16 bits per heavy atom. The van der Waals surface area contributed by atoms with Crippen molar-refractivity contribution in [1.82, 2.24) is 24.5 Å². The van der Waals surface area contributed by atoms with E-state index in [1.54, 1.807) is 0 Å². The summed E-state index contributed by atoms with van der Waals surface area (Å²) >= 11 is 0. The summed E-state index contributed by atoms with van der Waals surface area (Å²) in [5, 5.41) is 0. The van der Waals surface area contributed by atoms with E-state index in [4.69, 9.17) is 11.5 Å². The second kappa shape index (κ2) is 16.5. The maximum atomic E-state index is 5.65. The van der Waals surface area contributed by atoms with E-state index in [1.807, 2.05) is 12.4 Å². The molecule has 4 N–H and O–H groups in total. The number of hydrogen-bond acceptors (Lipinski definition) is 6. The quantitative estimate of drug-likeness (QED) is 0.262. The Kier molecular flexibility index (Phi) is 13.4. The molecule has 0 unspecified atom stereocenters. The summed E-state index contributed by atoms with van der Waals surface area (Å²) in [6, 6.07) is 0. The minimum Gasteiger partial charge on any atom is -0.368 e. The van der Waals surface area contributed by atoms with Crippen molar-refractivity contribution in [2.24, 2.45) is 0 Å². The molecule has 0 aliphatic heterocycles. The summed E-state index contributed by atoms with van der Waals surface area (Å²) in [7, 11) is 0. The summed E-state index contributed by atoms with van der Waals surface area (Å²) in [6.45, 7) is 3.06. The van der Waals surface area contributed by atoms with E-state index < -0.39 is 0 Å². The van der Waals surface area contributed by atoms with Crippen LogP contribution in [0, 0.1) is 0 Å². The molecule has 0 aromatic carbocycles. The molecule has 2 aromatic heterocycles. The van der Waals surface area contributed by atoms with Gasteiger partial charge in [-0.1, -0.05) is 96.8 Å². The topological polar surface area (TPSA) is 109 Å². The first-order valence-electron chi connectivity index (χ1n) is 12.9. The molecule has 7 heteroatoms. The third-order valence-electron chi connectivity index (χ3n) is 6.10. The molecule has 0 aliphatic rings. The maximum absolute atomic E-state index is 5.65. The van der Waals surface area contributed by atoms with Crippen molar-refractivity contribution in [2.45, 2.75) is 123 Å². The first-order valence-corrected chi connectivity index (χ1v) is 12.9. The number of nitrogens with zero attached hydrogens (tertiary/aromatic N) is 5. The zero-order valence-electron chi connectivity index (χ0n) is 20.3. The predicted molar refractivity (Wildman–Crippen MR) is 133 cm³/mol. The van der Waals surface area contributed by atoms with Crippen molar-refractivity contribution in [3.63, 3.8) is 0 Å². The van der Waals surface area contributed by atoms with E-state index >= 15 is 0 Å². The predicted octanol–water partition coefficient (Wildman–Crippen LogP) is 5.89. The molecule has 0 saturated heterocycles. The van der Waals surface area contributed by atoms with Gasteiger partial charge in [0.1, 0.15) is 11.6 Å². The molecule has 0 saturated carbocycles. The molecule has 0 fully saturated rings. The Balaban J connectivity index is 1.45. The number of nitrogens with two attached hydrogens (primary N) is 2. The zero-order chi connectivity index (χ0) is 22.9. The minimum atomic E-state index is 0.177. The second-order valence-electron chi connectivity index (χ2n) is 8.95. The van der Waals surface area contributed by atoms with Crippen LogP contribution in [-0.2, 0) is 19.4 Å². The molecule has 0 aliphatic carbocycles.